The largest absolute Gasteiger partial charge is 0.326 e. The van der Waals surface area contributed by atoms with Gasteiger partial charge < -0.3 is 5.32 Å². The van der Waals surface area contributed by atoms with E-state index < -0.39 is 17.9 Å². The van der Waals surface area contributed by atoms with E-state index in [1.54, 1.807) is 17.4 Å². The van der Waals surface area contributed by atoms with Crippen molar-refractivity contribution in [2.45, 2.75) is 33.2 Å². The summed E-state index contributed by atoms with van der Waals surface area (Å²) in [4.78, 5) is 43.4. The van der Waals surface area contributed by atoms with Crippen LogP contribution in [0.15, 0.2) is 47.5 Å². The number of hydrogen-bond donors (Lipinski definition) is 2. The lowest BCUT2D eigenvalue weighted by Crippen LogP contribution is -2.20. The minimum Gasteiger partial charge on any atom is -0.326 e. The number of aliphatic imine (C=N–C) groups is 1. The van der Waals surface area contributed by atoms with Crippen LogP contribution in [-0.4, -0.2) is 38.2 Å². The maximum Gasteiger partial charge on any atom is 0.259 e. The second kappa shape index (κ2) is 9.00. The molecule has 0 saturated heterocycles. The predicted molar refractivity (Wildman–Crippen MR) is 145 cm³/mol. The number of nitrogens with zero attached hydrogens (tertiary/aromatic N) is 4. The van der Waals surface area contributed by atoms with Gasteiger partial charge in [0.15, 0.2) is 5.82 Å². The fourth-order valence-electron chi connectivity index (χ4n) is 4.77. The number of aryl methyl sites for hydroxylation is 2. The zero-order valence-corrected chi connectivity index (χ0v) is 22.2. The molecule has 2 aliphatic heterocycles. The van der Waals surface area contributed by atoms with Crippen molar-refractivity contribution in [2.75, 3.05) is 5.32 Å². The minimum atomic E-state index is -0.625. The molecule has 0 aliphatic carbocycles. The molecule has 4 heterocycles. The van der Waals surface area contributed by atoms with Crippen LogP contribution < -0.4 is 10.6 Å². The van der Waals surface area contributed by atoms with E-state index in [4.69, 9.17) is 16.6 Å². The van der Waals surface area contributed by atoms with Gasteiger partial charge in [0.1, 0.15) is 16.9 Å². The van der Waals surface area contributed by atoms with E-state index in [-0.39, 0.29) is 23.5 Å². The highest BCUT2D eigenvalue weighted by atomic mass is 35.5. The molecule has 0 unspecified atom stereocenters. The van der Waals surface area contributed by atoms with Crippen LogP contribution in [0, 0.1) is 20.8 Å². The summed E-state index contributed by atoms with van der Waals surface area (Å²) >= 11 is 7.80. The van der Waals surface area contributed by atoms with Gasteiger partial charge in [-0.1, -0.05) is 23.7 Å². The van der Waals surface area contributed by atoms with Crippen LogP contribution in [0.5, 0.6) is 0 Å². The first-order valence-corrected chi connectivity index (χ1v) is 13.1. The third-order valence-electron chi connectivity index (χ3n) is 6.76. The molecule has 2 N–H and O–H groups in total. The van der Waals surface area contributed by atoms with Crippen molar-refractivity contribution in [1.82, 2.24) is 20.1 Å². The van der Waals surface area contributed by atoms with E-state index in [1.165, 1.54) is 12.1 Å². The number of carbonyl (C=O) groups is 3. The second-order valence-corrected chi connectivity index (χ2v) is 10.8. The van der Waals surface area contributed by atoms with E-state index in [0.29, 0.717) is 22.4 Å². The Bertz CT molecular complexity index is 1700. The number of amides is 3. The first-order valence-electron chi connectivity index (χ1n) is 11.9. The van der Waals surface area contributed by atoms with Gasteiger partial charge in [0.2, 0.25) is 5.91 Å². The van der Waals surface area contributed by atoms with Gasteiger partial charge in [-0.25, -0.2) is 0 Å². The second-order valence-electron chi connectivity index (χ2n) is 9.20. The number of thiophene rings is 1. The van der Waals surface area contributed by atoms with Crippen molar-refractivity contribution in [3.05, 3.63) is 91.8 Å². The average Bonchev–Trinajstić information content (AvgIpc) is 3.46. The van der Waals surface area contributed by atoms with Gasteiger partial charge in [-0.05, 0) is 56.7 Å². The Labute approximate surface area is 226 Å². The number of halogens is 1. The predicted octanol–water partition coefficient (Wildman–Crippen LogP) is 4.71. The lowest BCUT2D eigenvalue weighted by atomic mass is 9.99. The van der Waals surface area contributed by atoms with Crippen LogP contribution in [0.3, 0.4) is 0 Å². The zero-order valence-electron chi connectivity index (χ0n) is 20.6. The average molecular weight is 545 g/mol. The van der Waals surface area contributed by atoms with Crippen LogP contribution >= 0.6 is 22.9 Å². The van der Waals surface area contributed by atoms with Gasteiger partial charge in [-0.2, -0.15) is 0 Å². The highest BCUT2D eigenvalue weighted by molar-refractivity contribution is 7.15. The summed E-state index contributed by atoms with van der Waals surface area (Å²) in [5, 5.41) is 15.4. The van der Waals surface area contributed by atoms with Crippen LogP contribution in [0.4, 0.5) is 5.69 Å². The molecule has 3 amide bonds. The molecule has 11 heteroatoms. The van der Waals surface area contributed by atoms with Crippen LogP contribution in [0.1, 0.15) is 66.4 Å². The monoisotopic (exact) mass is 544 g/mol. The van der Waals surface area contributed by atoms with Gasteiger partial charge >= 0.3 is 0 Å². The van der Waals surface area contributed by atoms with Crippen molar-refractivity contribution in [2.24, 2.45) is 4.99 Å². The number of anilines is 1. The molecule has 4 aromatic rings. The van der Waals surface area contributed by atoms with Crippen molar-refractivity contribution in [1.29, 1.82) is 0 Å². The number of aromatic nitrogens is 3. The highest BCUT2D eigenvalue weighted by Gasteiger charge is 2.33. The van der Waals surface area contributed by atoms with E-state index in [1.807, 2.05) is 35.8 Å². The SMILES string of the molecule is Cc1sc2c(c1C)C(c1ccc(Cl)cc1)=N[C@@H](CC(=O)Nc1ccc3c(c1)C(=O)NC3=O)c1nnc(C)n1-2. The smallest absolute Gasteiger partial charge is 0.259 e. The summed E-state index contributed by atoms with van der Waals surface area (Å²) in [5.41, 5.74) is 4.66. The summed E-state index contributed by atoms with van der Waals surface area (Å²) < 4.78 is 1.98. The summed E-state index contributed by atoms with van der Waals surface area (Å²) in [7, 11) is 0. The number of nitrogens with one attached hydrogen (secondary N) is 2. The number of carbonyl (C=O) groups excluding carboxylic acids is 3. The van der Waals surface area contributed by atoms with Gasteiger partial charge in [-0.3, -0.25) is 29.3 Å². The Morgan fingerprint density at radius 2 is 1.79 bits per heavy atom. The highest BCUT2D eigenvalue weighted by Crippen LogP contribution is 2.39. The number of imide groups is 1. The lowest BCUT2D eigenvalue weighted by molar-refractivity contribution is -0.116. The van der Waals surface area contributed by atoms with E-state index in [9.17, 15) is 14.4 Å². The standard InChI is InChI=1S/C27H21ClN6O3S/c1-12-13(2)38-27-22(12)23(15-4-6-16(28)7-5-15)30-20(24-33-32-14(3)34(24)27)11-21(35)29-17-8-9-18-19(10-17)26(37)31-25(18)36/h4-10,20H,11H2,1-3H3,(H,29,35)(H,31,36,37)/t20-/m0/s1. The molecule has 0 radical (unpaired) electrons. The van der Waals surface area contributed by atoms with Crippen molar-refractivity contribution in [3.8, 4) is 5.00 Å². The molecule has 38 heavy (non-hydrogen) atoms. The maximum atomic E-state index is 13.3. The van der Waals surface area contributed by atoms with Gasteiger partial charge in [0.05, 0.1) is 23.3 Å². The molecule has 6 rings (SSSR count). The number of hydrogen-bond acceptors (Lipinski definition) is 7. The lowest BCUT2D eigenvalue weighted by Gasteiger charge is -2.13. The minimum absolute atomic E-state index is 0.00952. The third kappa shape index (κ3) is 3.93. The molecule has 9 nitrogen and oxygen atoms in total. The Morgan fingerprint density at radius 1 is 1.05 bits per heavy atom. The van der Waals surface area contributed by atoms with Gasteiger partial charge in [-0.15, -0.1) is 21.5 Å². The van der Waals surface area contributed by atoms with E-state index >= 15 is 0 Å². The fourth-order valence-corrected chi connectivity index (χ4v) is 6.11. The normalized spacial score (nSPS) is 15.8. The van der Waals surface area contributed by atoms with E-state index in [0.717, 1.165) is 32.3 Å². The van der Waals surface area contributed by atoms with Crippen LogP contribution in [0.2, 0.25) is 5.02 Å². The molecule has 2 aromatic heterocycles. The fraction of sp³-hybridized carbons (Fsp3) is 0.185. The van der Waals surface area contributed by atoms with Gasteiger partial charge in [0.25, 0.3) is 11.8 Å². The van der Waals surface area contributed by atoms with Crippen molar-refractivity contribution < 1.29 is 14.4 Å². The molecule has 0 bridgehead atoms. The third-order valence-corrected chi connectivity index (χ3v) is 8.20. The van der Waals surface area contributed by atoms with Crippen LogP contribution in [-0.2, 0) is 4.79 Å². The zero-order chi connectivity index (χ0) is 26.7. The maximum absolute atomic E-state index is 13.3. The molecule has 0 saturated carbocycles. The molecule has 2 aliphatic rings. The summed E-state index contributed by atoms with van der Waals surface area (Å²) in [6, 6.07) is 11.5. The molecule has 0 spiro atoms. The Morgan fingerprint density at radius 3 is 2.55 bits per heavy atom. The van der Waals surface area contributed by atoms with Crippen molar-refractivity contribution in [3.63, 3.8) is 0 Å². The first kappa shape index (κ1) is 24.2. The topological polar surface area (TPSA) is 118 Å². The molecule has 1 atom stereocenters. The number of fused-ring (bicyclic) bond motifs is 4. The molecule has 0 fully saturated rings. The Balaban J connectivity index is 1.40. The quantitative estimate of drug-likeness (QED) is 0.361. The Hall–Kier alpha value is -4.15. The summed E-state index contributed by atoms with van der Waals surface area (Å²) in [6.45, 7) is 6.02. The summed E-state index contributed by atoms with van der Waals surface area (Å²) in [6.07, 6.45) is -0.00952. The van der Waals surface area contributed by atoms with Gasteiger partial charge in [0, 0.05) is 26.7 Å². The summed E-state index contributed by atoms with van der Waals surface area (Å²) in [5.74, 6) is 0.0302. The Kier molecular flexibility index (Phi) is 5.73. The molecule has 2 aromatic carbocycles. The molecular weight excluding hydrogens is 524 g/mol. The van der Waals surface area contributed by atoms with Crippen LogP contribution in [0.25, 0.3) is 5.00 Å². The van der Waals surface area contributed by atoms with Crippen molar-refractivity contribution >= 4 is 52.1 Å². The molecule has 190 valence electrons. The number of rotatable bonds is 4. The first-order chi connectivity index (χ1) is 18.2. The molecular formula is C27H21ClN6O3S. The number of benzene rings is 2. The van der Waals surface area contributed by atoms with E-state index in [2.05, 4.69) is 34.7 Å².